The van der Waals surface area contributed by atoms with Gasteiger partial charge >= 0.3 is 0 Å². The number of hydrogen-bond donors (Lipinski definition) is 2. The van der Waals surface area contributed by atoms with Gasteiger partial charge < -0.3 is 19.7 Å². The lowest BCUT2D eigenvalue weighted by Gasteiger charge is -2.27. The molecule has 0 aromatic heterocycles. The molecule has 0 amide bonds. The van der Waals surface area contributed by atoms with E-state index < -0.39 is 0 Å². The summed E-state index contributed by atoms with van der Waals surface area (Å²) in [5, 5.41) is 24.6. The first-order valence-electron chi connectivity index (χ1n) is 24.4. The van der Waals surface area contributed by atoms with Crippen molar-refractivity contribution in [3.05, 3.63) is 187 Å². The van der Waals surface area contributed by atoms with Crippen LogP contribution in [0.3, 0.4) is 0 Å². The van der Waals surface area contributed by atoms with Crippen LogP contribution in [0.25, 0.3) is 0 Å². The third-order valence-electron chi connectivity index (χ3n) is 13.5. The van der Waals surface area contributed by atoms with Gasteiger partial charge in [0, 0.05) is 12.8 Å². The summed E-state index contributed by atoms with van der Waals surface area (Å²) < 4.78 is 14.0. The van der Waals surface area contributed by atoms with E-state index in [0.717, 1.165) is 81.7 Å². The fraction of sp³-hybridized carbons (Fsp3) is 0.419. The van der Waals surface area contributed by atoms with Crippen molar-refractivity contribution in [1.82, 2.24) is 0 Å². The van der Waals surface area contributed by atoms with Gasteiger partial charge in [0.05, 0.1) is 0 Å². The van der Waals surface area contributed by atoms with Gasteiger partial charge in [-0.1, -0.05) is 192 Å². The number of benzene rings is 6. The van der Waals surface area contributed by atoms with Gasteiger partial charge in [0.1, 0.15) is 36.2 Å². The smallest absolute Gasteiger partial charge is 0.126 e. The molecule has 348 valence electrons. The number of rotatable bonds is 6. The van der Waals surface area contributed by atoms with Crippen molar-refractivity contribution in [2.75, 3.05) is 0 Å². The number of phenolic OH excluding ortho intramolecular Hbond substituents is 2. The van der Waals surface area contributed by atoms with E-state index in [2.05, 4.69) is 180 Å². The molecular formula is C62H76O4. The van der Waals surface area contributed by atoms with Crippen molar-refractivity contribution in [3.63, 3.8) is 0 Å². The van der Waals surface area contributed by atoms with Crippen LogP contribution in [-0.4, -0.2) is 10.2 Å². The van der Waals surface area contributed by atoms with E-state index in [0.29, 0.717) is 50.4 Å². The molecule has 7 rings (SSSR count). The predicted octanol–water partition coefficient (Wildman–Crippen LogP) is 15.3. The average Bonchev–Trinajstić information content (AvgIpc) is 3.24. The van der Waals surface area contributed by atoms with E-state index in [4.69, 9.17) is 9.47 Å². The third-order valence-corrected chi connectivity index (χ3v) is 13.5. The second-order valence-corrected chi connectivity index (χ2v) is 23.1. The van der Waals surface area contributed by atoms with E-state index in [1.807, 2.05) is 12.1 Å². The van der Waals surface area contributed by atoms with E-state index in [-0.39, 0.29) is 21.7 Å². The third kappa shape index (κ3) is 11.7. The van der Waals surface area contributed by atoms with Crippen molar-refractivity contribution in [3.8, 4) is 23.0 Å². The Hall–Kier alpha value is -5.48. The molecule has 0 atom stereocenters. The van der Waals surface area contributed by atoms with Crippen LogP contribution in [0.5, 0.6) is 23.0 Å². The molecule has 1 aliphatic carbocycles. The summed E-state index contributed by atoms with van der Waals surface area (Å²) in [6, 6.07) is 39.1. The first kappa shape index (κ1) is 48.5. The standard InChI is InChI=1S/C62H76O4/c1-59(2,3)51-31-43-25-19-26-44-32-52(60(4,5)6)36-48(56(44)64)30-50-38-54(62(10,11)12)34-46(58(50)66-40-42-23-17-14-18-24-42)28-20-27-45-33-53(61(7,8)9)37-49(29-47(35-51)55(43)63)57(45)65-39-41-21-15-13-16-22-41/h13-18,21-24,31-38,63-64H,19-20,25-30,39-40H2,1-12H3. The molecule has 0 saturated heterocycles. The summed E-state index contributed by atoms with van der Waals surface area (Å²) >= 11 is 0. The maximum absolute atomic E-state index is 12.3. The lowest BCUT2D eigenvalue weighted by atomic mass is 9.80. The minimum absolute atomic E-state index is 0.113. The summed E-state index contributed by atoms with van der Waals surface area (Å²) in [5.41, 5.74) is 15.0. The summed E-state index contributed by atoms with van der Waals surface area (Å²) in [4.78, 5) is 0. The van der Waals surface area contributed by atoms with E-state index in [1.165, 1.54) is 33.4 Å². The van der Waals surface area contributed by atoms with Crippen LogP contribution in [0.2, 0.25) is 0 Å². The van der Waals surface area contributed by atoms with E-state index in [1.54, 1.807) is 0 Å². The quantitative estimate of drug-likeness (QED) is 0.175. The highest BCUT2D eigenvalue weighted by Crippen LogP contribution is 2.42. The molecule has 6 aromatic carbocycles. The molecule has 1 aliphatic rings. The summed E-state index contributed by atoms with van der Waals surface area (Å²) in [7, 11) is 0. The maximum Gasteiger partial charge on any atom is 0.126 e. The number of hydrogen-bond acceptors (Lipinski definition) is 4. The highest BCUT2D eigenvalue weighted by molar-refractivity contribution is 5.55. The zero-order valence-electron chi connectivity index (χ0n) is 42.2. The van der Waals surface area contributed by atoms with Gasteiger partial charge in [-0.25, -0.2) is 0 Å². The number of aryl methyl sites for hydroxylation is 4. The topological polar surface area (TPSA) is 58.9 Å². The fourth-order valence-electron chi connectivity index (χ4n) is 9.22. The highest BCUT2D eigenvalue weighted by Gasteiger charge is 2.27. The van der Waals surface area contributed by atoms with Gasteiger partial charge in [0.15, 0.2) is 0 Å². The Balaban J connectivity index is 1.44. The summed E-state index contributed by atoms with van der Waals surface area (Å²) in [6.07, 6.45) is 5.66. The van der Waals surface area contributed by atoms with Crippen molar-refractivity contribution in [1.29, 1.82) is 0 Å². The second kappa shape index (κ2) is 19.4. The monoisotopic (exact) mass is 885 g/mol. The lowest BCUT2D eigenvalue weighted by molar-refractivity contribution is 0.298. The molecule has 4 nitrogen and oxygen atoms in total. The largest absolute Gasteiger partial charge is 0.507 e. The molecule has 0 saturated carbocycles. The summed E-state index contributed by atoms with van der Waals surface area (Å²) in [5.74, 6) is 2.55. The van der Waals surface area contributed by atoms with Gasteiger partial charge in [-0.2, -0.15) is 0 Å². The molecule has 8 bridgehead atoms. The van der Waals surface area contributed by atoms with Crippen LogP contribution in [0, 0.1) is 0 Å². The Morgan fingerprint density at radius 3 is 0.955 bits per heavy atom. The van der Waals surface area contributed by atoms with Gasteiger partial charge in [-0.3, -0.25) is 0 Å². The zero-order chi connectivity index (χ0) is 47.6. The van der Waals surface area contributed by atoms with Gasteiger partial charge in [-0.15, -0.1) is 0 Å². The van der Waals surface area contributed by atoms with Crippen LogP contribution in [-0.2, 0) is 73.4 Å². The van der Waals surface area contributed by atoms with Crippen molar-refractivity contribution in [2.45, 2.75) is 169 Å². The van der Waals surface area contributed by atoms with Crippen LogP contribution in [0.1, 0.15) is 174 Å². The Labute approximate surface area is 397 Å². The van der Waals surface area contributed by atoms with Crippen LogP contribution >= 0.6 is 0 Å². The molecule has 4 heteroatoms. The van der Waals surface area contributed by atoms with Crippen LogP contribution in [0.4, 0.5) is 0 Å². The molecule has 0 radical (unpaired) electrons. The Kier molecular flexibility index (Phi) is 14.2. The molecule has 0 unspecified atom stereocenters. The minimum atomic E-state index is -0.128. The normalized spacial score (nSPS) is 14.1. The number of fused-ring (bicyclic) bond motifs is 8. The SMILES string of the molecule is CC(C)(C)c1cc2c(O)c(c1)Cc1cc(C(C)(C)C)cc(c1OCc1ccccc1)CCCc1cc(C(C)(C)C)cc(c1OCc1ccccc1)Cc1cc(C(C)(C)C)cc(c1O)CCC2. The molecule has 0 aliphatic heterocycles. The second-order valence-electron chi connectivity index (χ2n) is 23.1. The van der Waals surface area contributed by atoms with Crippen molar-refractivity contribution >= 4 is 0 Å². The first-order chi connectivity index (χ1) is 31.0. The maximum atomic E-state index is 12.3. The number of aromatic hydroxyl groups is 2. The minimum Gasteiger partial charge on any atom is -0.507 e. The van der Waals surface area contributed by atoms with Crippen LogP contribution in [0.15, 0.2) is 109 Å². The Bertz CT molecular complexity index is 2440. The van der Waals surface area contributed by atoms with Gasteiger partial charge in [0.25, 0.3) is 0 Å². The molecule has 0 spiro atoms. The molecule has 66 heavy (non-hydrogen) atoms. The van der Waals surface area contributed by atoms with E-state index >= 15 is 0 Å². The predicted molar refractivity (Wildman–Crippen MR) is 275 cm³/mol. The van der Waals surface area contributed by atoms with Crippen molar-refractivity contribution < 1.29 is 19.7 Å². The Morgan fingerprint density at radius 1 is 0.364 bits per heavy atom. The fourth-order valence-corrected chi connectivity index (χ4v) is 9.22. The van der Waals surface area contributed by atoms with Crippen LogP contribution < -0.4 is 9.47 Å². The van der Waals surface area contributed by atoms with Gasteiger partial charge in [-0.05, 0) is 138 Å². The molecule has 0 fully saturated rings. The molecule has 2 N–H and O–H groups in total. The molecular weight excluding hydrogens is 809 g/mol. The van der Waals surface area contributed by atoms with Crippen molar-refractivity contribution in [2.24, 2.45) is 0 Å². The number of phenols is 2. The highest BCUT2D eigenvalue weighted by atomic mass is 16.5. The van der Waals surface area contributed by atoms with Gasteiger partial charge in [0.2, 0.25) is 0 Å². The first-order valence-corrected chi connectivity index (χ1v) is 24.4. The summed E-state index contributed by atoms with van der Waals surface area (Å²) in [6.45, 7) is 28.1. The lowest BCUT2D eigenvalue weighted by Crippen LogP contribution is -2.16. The zero-order valence-corrected chi connectivity index (χ0v) is 42.2. The average molecular weight is 885 g/mol. The van der Waals surface area contributed by atoms with E-state index in [9.17, 15) is 10.2 Å². The Morgan fingerprint density at radius 2 is 0.636 bits per heavy atom. The molecule has 0 heterocycles. The molecule has 6 aromatic rings. The number of ether oxygens (including phenoxy) is 2.